The Labute approximate surface area is 69.5 Å². The number of ether oxygens (including phenoxy) is 1. The topological polar surface area (TPSA) is 43.4 Å². The molecule has 1 saturated heterocycles. The minimum atomic E-state index is -0.275. The van der Waals surface area contributed by atoms with Gasteiger partial charge in [0.1, 0.15) is 11.0 Å². The van der Waals surface area contributed by atoms with Crippen molar-refractivity contribution in [3.63, 3.8) is 0 Å². The molecule has 1 unspecified atom stereocenters. The SMILES string of the molecule is COC(=O)C1CC(=O)CCS1. The molecule has 1 aliphatic heterocycles. The highest BCUT2D eigenvalue weighted by molar-refractivity contribution is 8.00. The maximum absolute atomic E-state index is 10.9. The number of Topliss-reactive ketones (excluding diaryl/α,β-unsaturated/α-hetero) is 1. The number of methoxy groups -OCH3 is 1. The van der Waals surface area contributed by atoms with E-state index in [9.17, 15) is 9.59 Å². The molecular weight excluding hydrogens is 164 g/mol. The zero-order valence-corrected chi connectivity index (χ0v) is 7.15. The lowest BCUT2D eigenvalue weighted by Crippen LogP contribution is -2.26. The van der Waals surface area contributed by atoms with Crippen molar-refractivity contribution < 1.29 is 14.3 Å². The first-order chi connectivity index (χ1) is 5.24. The maximum atomic E-state index is 10.9. The summed E-state index contributed by atoms with van der Waals surface area (Å²) in [4.78, 5) is 21.8. The molecule has 1 fully saturated rings. The van der Waals surface area contributed by atoms with Crippen molar-refractivity contribution in [2.75, 3.05) is 12.9 Å². The van der Waals surface area contributed by atoms with Gasteiger partial charge in [0.25, 0.3) is 0 Å². The predicted octanol–water partition coefficient (Wildman–Crippen LogP) is 0.624. The molecule has 0 aromatic rings. The number of hydrogen-bond acceptors (Lipinski definition) is 4. The Balaban J connectivity index is 2.45. The highest BCUT2D eigenvalue weighted by Gasteiger charge is 2.26. The summed E-state index contributed by atoms with van der Waals surface area (Å²) in [7, 11) is 1.35. The van der Waals surface area contributed by atoms with Crippen LogP contribution in [0.25, 0.3) is 0 Å². The van der Waals surface area contributed by atoms with Crippen LogP contribution >= 0.6 is 11.8 Å². The van der Waals surface area contributed by atoms with Crippen LogP contribution < -0.4 is 0 Å². The Morgan fingerprint density at radius 1 is 1.73 bits per heavy atom. The van der Waals surface area contributed by atoms with Gasteiger partial charge in [-0.3, -0.25) is 9.59 Å². The molecule has 0 bridgehead atoms. The predicted molar refractivity (Wildman–Crippen MR) is 42.5 cm³/mol. The number of esters is 1. The average Bonchev–Trinajstić information content (AvgIpc) is 2.03. The Kier molecular flexibility index (Phi) is 2.93. The zero-order chi connectivity index (χ0) is 8.27. The van der Waals surface area contributed by atoms with Crippen LogP contribution in [0, 0.1) is 0 Å². The molecule has 1 rings (SSSR count). The third-order valence-electron chi connectivity index (χ3n) is 1.58. The maximum Gasteiger partial charge on any atom is 0.319 e. The third kappa shape index (κ3) is 2.22. The fourth-order valence-electron chi connectivity index (χ4n) is 0.966. The van der Waals surface area contributed by atoms with Gasteiger partial charge < -0.3 is 4.74 Å². The summed E-state index contributed by atoms with van der Waals surface area (Å²) < 4.78 is 4.53. The fourth-order valence-corrected chi connectivity index (χ4v) is 2.13. The van der Waals surface area contributed by atoms with E-state index in [2.05, 4.69) is 4.74 Å². The Hall–Kier alpha value is -0.510. The van der Waals surface area contributed by atoms with Crippen molar-refractivity contribution in [2.24, 2.45) is 0 Å². The Morgan fingerprint density at radius 3 is 3.00 bits per heavy atom. The van der Waals surface area contributed by atoms with Gasteiger partial charge in [0.15, 0.2) is 0 Å². The van der Waals surface area contributed by atoms with E-state index in [1.807, 2.05) is 0 Å². The highest BCUT2D eigenvalue weighted by atomic mass is 32.2. The van der Waals surface area contributed by atoms with Crippen molar-refractivity contribution in [1.82, 2.24) is 0 Å². The van der Waals surface area contributed by atoms with Crippen molar-refractivity contribution in [2.45, 2.75) is 18.1 Å². The van der Waals surface area contributed by atoms with E-state index in [4.69, 9.17) is 0 Å². The van der Waals surface area contributed by atoms with Gasteiger partial charge in [-0.25, -0.2) is 0 Å². The van der Waals surface area contributed by atoms with Crippen LogP contribution in [0.5, 0.6) is 0 Å². The molecular formula is C7H10O3S. The van der Waals surface area contributed by atoms with E-state index in [1.165, 1.54) is 18.9 Å². The van der Waals surface area contributed by atoms with Gasteiger partial charge in [0, 0.05) is 18.6 Å². The molecule has 1 aliphatic rings. The number of carbonyl (C=O) groups is 2. The molecule has 3 nitrogen and oxygen atoms in total. The summed E-state index contributed by atoms with van der Waals surface area (Å²) in [6.45, 7) is 0. The highest BCUT2D eigenvalue weighted by Crippen LogP contribution is 2.23. The number of thioether (sulfide) groups is 1. The molecule has 0 N–H and O–H groups in total. The fraction of sp³-hybridized carbons (Fsp3) is 0.714. The first-order valence-electron chi connectivity index (χ1n) is 3.45. The molecule has 62 valence electrons. The molecule has 0 aliphatic carbocycles. The van der Waals surface area contributed by atoms with Crippen molar-refractivity contribution in [3.05, 3.63) is 0 Å². The molecule has 0 radical (unpaired) electrons. The van der Waals surface area contributed by atoms with Gasteiger partial charge in [0.2, 0.25) is 0 Å². The van der Waals surface area contributed by atoms with Crippen molar-refractivity contribution in [1.29, 1.82) is 0 Å². The van der Waals surface area contributed by atoms with E-state index in [0.29, 0.717) is 12.8 Å². The summed E-state index contributed by atoms with van der Waals surface area (Å²) in [6.07, 6.45) is 0.940. The van der Waals surface area contributed by atoms with Crippen LogP contribution in [0.2, 0.25) is 0 Å². The summed E-state index contributed by atoms with van der Waals surface area (Å²) in [5, 5.41) is -0.249. The van der Waals surface area contributed by atoms with Crippen LogP contribution in [-0.4, -0.2) is 29.9 Å². The Morgan fingerprint density at radius 2 is 2.45 bits per heavy atom. The zero-order valence-electron chi connectivity index (χ0n) is 6.33. The normalized spacial score (nSPS) is 24.8. The summed E-state index contributed by atoms with van der Waals surface area (Å²) in [5.74, 6) is 0.640. The van der Waals surface area contributed by atoms with Crippen LogP contribution in [-0.2, 0) is 14.3 Å². The lowest BCUT2D eigenvalue weighted by atomic mass is 10.1. The average molecular weight is 174 g/mol. The lowest BCUT2D eigenvalue weighted by Gasteiger charge is -2.17. The molecule has 0 aromatic heterocycles. The number of rotatable bonds is 1. The molecule has 1 atom stereocenters. The molecule has 4 heteroatoms. The molecule has 0 aromatic carbocycles. The minimum Gasteiger partial charge on any atom is -0.468 e. The van der Waals surface area contributed by atoms with Crippen LogP contribution in [0.15, 0.2) is 0 Å². The standard InChI is InChI=1S/C7H10O3S/c1-10-7(9)6-4-5(8)2-3-11-6/h6H,2-4H2,1H3. The molecule has 0 spiro atoms. The second-order valence-corrected chi connectivity index (χ2v) is 3.69. The van der Waals surface area contributed by atoms with E-state index in [0.717, 1.165) is 5.75 Å². The molecule has 0 amide bonds. The summed E-state index contributed by atoms with van der Waals surface area (Å²) in [6, 6.07) is 0. The van der Waals surface area contributed by atoms with Gasteiger partial charge in [-0.2, -0.15) is 0 Å². The van der Waals surface area contributed by atoms with Gasteiger partial charge in [-0.05, 0) is 0 Å². The first kappa shape index (κ1) is 8.59. The minimum absolute atomic E-state index is 0.166. The summed E-state index contributed by atoms with van der Waals surface area (Å²) in [5.41, 5.74) is 0. The first-order valence-corrected chi connectivity index (χ1v) is 4.50. The van der Waals surface area contributed by atoms with Crippen LogP contribution in [0.1, 0.15) is 12.8 Å². The van der Waals surface area contributed by atoms with E-state index >= 15 is 0 Å². The third-order valence-corrected chi connectivity index (χ3v) is 2.78. The summed E-state index contributed by atoms with van der Waals surface area (Å²) >= 11 is 1.50. The number of ketones is 1. The lowest BCUT2D eigenvalue weighted by molar-refractivity contribution is -0.141. The molecule has 0 saturated carbocycles. The smallest absolute Gasteiger partial charge is 0.319 e. The van der Waals surface area contributed by atoms with Crippen LogP contribution in [0.3, 0.4) is 0 Å². The van der Waals surface area contributed by atoms with Gasteiger partial charge in [0.05, 0.1) is 7.11 Å². The van der Waals surface area contributed by atoms with Crippen LogP contribution in [0.4, 0.5) is 0 Å². The second-order valence-electron chi connectivity index (χ2n) is 2.38. The van der Waals surface area contributed by atoms with Gasteiger partial charge in [-0.1, -0.05) is 0 Å². The van der Waals surface area contributed by atoms with Gasteiger partial charge >= 0.3 is 5.97 Å². The quantitative estimate of drug-likeness (QED) is 0.547. The number of hydrogen-bond donors (Lipinski definition) is 0. The van der Waals surface area contributed by atoms with Crippen molar-refractivity contribution in [3.8, 4) is 0 Å². The Bertz CT molecular complexity index is 179. The van der Waals surface area contributed by atoms with E-state index in [1.54, 1.807) is 0 Å². The monoisotopic (exact) mass is 174 g/mol. The number of carbonyl (C=O) groups excluding carboxylic acids is 2. The molecule has 11 heavy (non-hydrogen) atoms. The largest absolute Gasteiger partial charge is 0.468 e. The second kappa shape index (κ2) is 3.76. The van der Waals surface area contributed by atoms with Crippen molar-refractivity contribution >= 4 is 23.5 Å². The van der Waals surface area contributed by atoms with Gasteiger partial charge in [-0.15, -0.1) is 11.8 Å². The molecule has 1 heterocycles. The van der Waals surface area contributed by atoms with E-state index < -0.39 is 0 Å². The van der Waals surface area contributed by atoms with E-state index in [-0.39, 0.29) is 17.0 Å².